The number of nitrogens with one attached hydrogen (secondary N) is 1. The van der Waals surface area contributed by atoms with E-state index in [2.05, 4.69) is 5.32 Å². The fourth-order valence-electron chi connectivity index (χ4n) is 5.45. The molecule has 2 unspecified atom stereocenters. The minimum atomic E-state index is -4.47. The Morgan fingerprint density at radius 2 is 1.80 bits per heavy atom. The molecule has 0 radical (unpaired) electrons. The molecule has 5 rings (SSSR count). The van der Waals surface area contributed by atoms with E-state index in [1.807, 2.05) is 17.5 Å². The summed E-state index contributed by atoms with van der Waals surface area (Å²) < 4.78 is 45.4. The molecule has 2 aromatic rings. The monoisotopic (exact) mass is 501 g/mol. The third-order valence-electron chi connectivity index (χ3n) is 7.14. The van der Waals surface area contributed by atoms with Crippen molar-refractivity contribution in [3.63, 3.8) is 0 Å². The number of carbonyl (C=O) groups is 2. The predicted molar refractivity (Wildman–Crippen MR) is 127 cm³/mol. The number of esters is 1. The van der Waals surface area contributed by atoms with Crippen LogP contribution < -0.4 is 5.32 Å². The molecule has 0 spiro atoms. The van der Waals surface area contributed by atoms with Gasteiger partial charge in [-0.15, -0.1) is 11.3 Å². The Bertz CT molecular complexity index is 1190. The van der Waals surface area contributed by atoms with Gasteiger partial charge in [-0.2, -0.15) is 13.2 Å². The summed E-state index contributed by atoms with van der Waals surface area (Å²) in [5.41, 5.74) is 1.79. The topological polar surface area (TPSA) is 55.4 Å². The molecule has 35 heavy (non-hydrogen) atoms. The summed E-state index contributed by atoms with van der Waals surface area (Å²) in [6, 6.07) is 8.73. The molecule has 1 aromatic heterocycles. The van der Waals surface area contributed by atoms with E-state index in [0.717, 1.165) is 48.4 Å². The minimum absolute atomic E-state index is 0.0294. The summed E-state index contributed by atoms with van der Waals surface area (Å²) >= 11 is 1.60. The van der Waals surface area contributed by atoms with Gasteiger partial charge in [-0.05, 0) is 68.2 Å². The maximum atomic E-state index is 13.5. The lowest BCUT2D eigenvalue weighted by Gasteiger charge is -2.36. The molecule has 2 atom stereocenters. The molecule has 0 saturated heterocycles. The molecule has 1 aromatic carbocycles. The van der Waals surface area contributed by atoms with Gasteiger partial charge >= 0.3 is 12.1 Å². The molecule has 1 saturated carbocycles. The number of allylic oxidation sites excluding steroid dienone is 3. The summed E-state index contributed by atoms with van der Waals surface area (Å²) in [4.78, 5) is 28.0. The summed E-state index contributed by atoms with van der Waals surface area (Å²) in [7, 11) is 0. The van der Waals surface area contributed by atoms with Crippen LogP contribution in [0.3, 0.4) is 0 Å². The molecular formula is C27H26F3NO3S. The van der Waals surface area contributed by atoms with Crippen molar-refractivity contribution in [1.82, 2.24) is 5.32 Å². The number of ketones is 1. The van der Waals surface area contributed by atoms with Gasteiger partial charge in [-0.3, -0.25) is 4.79 Å². The molecular weight excluding hydrogens is 475 g/mol. The van der Waals surface area contributed by atoms with Gasteiger partial charge in [-0.1, -0.05) is 18.2 Å². The maximum Gasteiger partial charge on any atom is 0.416 e. The normalized spacial score (nSPS) is 23.4. The molecule has 184 valence electrons. The number of rotatable bonds is 4. The van der Waals surface area contributed by atoms with Crippen LogP contribution in [0.1, 0.15) is 73.3 Å². The predicted octanol–water partition coefficient (Wildman–Crippen LogP) is 6.61. The van der Waals surface area contributed by atoms with E-state index < -0.39 is 23.6 Å². The van der Waals surface area contributed by atoms with E-state index in [0.29, 0.717) is 35.2 Å². The second kappa shape index (κ2) is 9.30. The number of hydrogen-bond acceptors (Lipinski definition) is 5. The van der Waals surface area contributed by atoms with E-state index in [9.17, 15) is 22.8 Å². The Labute approximate surface area is 205 Å². The van der Waals surface area contributed by atoms with Gasteiger partial charge in [0.1, 0.15) is 6.10 Å². The zero-order valence-corrected chi connectivity index (χ0v) is 20.1. The van der Waals surface area contributed by atoms with Gasteiger partial charge in [0.15, 0.2) is 5.78 Å². The van der Waals surface area contributed by atoms with Crippen molar-refractivity contribution in [2.75, 3.05) is 0 Å². The smallest absolute Gasteiger partial charge is 0.416 e. The van der Waals surface area contributed by atoms with Crippen molar-refractivity contribution in [1.29, 1.82) is 0 Å². The molecule has 1 N–H and O–H groups in total. The highest BCUT2D eigenvalue weighted by Crippen LogP contribution is 2.47. The van der Waals surface area contributed by atoms with Crippen LogP contribution in [0.2, 0.25) is 0 Å². The van der Waals surface area contributed by atoms with Crippen molar-refractivity contribution in [3.05, 3.63) is 80.3 Å². The highest BCUT2D eigenvalue weighted by atomic mass is 32.1. The van der Waals surface area contributed by atoms with Crippen LogP contribution in [0.5, 0.6) is 0 Å². The van der Waals surface area contributed by atoms with Crippen LogP contribution in [0.25, 0.3) is 0 Å². The van der Waals surface area contributed by atoms with Crippen molar-refractivity contribution in [2.24, 2.45) is 0 Å². The highest BCUT2D eigenvalue weighted by Gasteiger charge is 2.42. The number of halogens is 3. The summed E-state index contributed by atoms with van der Waals surface area (Å²) in [5.74, 6) is -1.34. The molecule has 0 bridgehead atoms. The number of Topliss-reactive ketones (excluding diaryl/α,β-unsaturated/α-hetero) is 1. The summed E-state index contributed by atoms with van der Waals surface area (Å²) in [6.07, 6.45) is -0.164. The molecule has 1 fully saturated rings. The van der Waals surface area contributed by atoms with E-state index >= 15 is 0 Å². The average Bonchev–Trinajstić information content (AvgIpc) is 3.52. The molecule has 2 heterocycles. The van der Waals surface area contributed by atoms with Gasteiger partial charge in [0.05, 0.1) is 11.1 Å². The number of alkyl halides is 3. The van der Waals surface area contributed by atoms with Crippen LogP contribution in [0.4, 0.5) is 13.2 Å². The Morgan fingerprint density at radius 1 is 1.09 bits per heavy atom. The van der Waals surface area contributed by atoms with Crippen LogP contribution in [-0.4, -0.2) is 17.9 Å². The first-order valence-electron chi connectivity index (χ1n) is 11.9. The van der Waals surface area contributed by atoms with Crippen LogP contribution >= 0.6 is 11.3 Å². The second-order valence-corrected chi connectivity index (χ2v) is 10.4. The number of hydrogen-bond donors (Lipinski definition) is 1. The maximum absolute atomic E-state index is 13.5. The third-order valence-corrected chi connectivity index (χ3v) is 8.18. The van der Waals surface area contributed by atoms with E-state index in [1.165, 1.54) is 12.1 Å². The van der Waals surface area contributed by atoms with Crippen LogP contribution in [0, 0.1) is 0 Å². The zero-order chi connectivity index (χ0) is 24.7. The van der Waals surface area contributed by atoms with Crippen molar-refractivity contribution < 1.29 is 27.5 Å². The number of carbonyl (C=O) groups excluding carboxylic acids is 2. The SMILES string of the molecule is CC1=C(C(=O)OC2CCCC2)C(c2ccc(C(F)(F)F)cc2)C2=C(CC(c3cccs3)CC2=O)N1. The van der Waals surface area contributed by atoms with Gasteiger partial charge < -0.3 is 10.1 Å². The largest absolute Gasteiger partial charge is 0.459 e. The number of dihydropyridines is 1. The van der Waals surface area contributed by atoms with Crippen LogP contribution in [-0.2, 0) is 20.5 Å². The van der Waals surface area contributed by atoms with Crippen molar-refractivity contribution >= 4 is 23.1 Å². The molecule has 8 heteroatoms. The Morgan fingerprint density at radius 3 is 2.43 bits per heavy atom. The van der Waals surface area contributed by atoms with Gasteiger partial charge in [0.2, 0.25) is 0 Å². The Hall–Kier alpha value is -2.87. The fraction of sp³-hybridized carbons (Fsp3) is 0.407. The Kier molecular flexibility index (Phi) is 6.34. The third kappa shape index (κ3) is 4.68. The van der Waals surface area contributed by atoms with Crippen molar-refractivity contribution in [3.8, 4) is 0 Å². The first-order chi connectivity index (χ1) is 16.7. The van der Waals surface area contributed by atoms with Gasteiger partial charge in [0.25, 0.3) is 0 Å². The fourth-order valence-corrected chi connectivity index (χ4v) is 6.28. The summed E-state index contributed by atoms with van der Waals surface area (Å²) in [5, 5.41) is 5.27. The molecule has 3 aliphatic rings. The van der Waals surface area contributed by atoms with Gasteiger partial charge in [0, 0.05) is 40.1 Å². The lowest BCUT2D eigenvalue weighted by atomic mass is 9.72. The quantitative estimate of drug-likeness (QED) is 0.479. The summed E-state index contributed by atoms with van der Waals surface area (Å²) in [6.45, 7) is 1.77. The van der Waals surface area contributed by atoms with Gasteiger partial charge in [-0.25, -0.2) is 4.79 Å². The lowest BCUT2D eigenvalue weighted by Crippen LogP contribution is -2.36. The number of ether oxygens (including phenoxy) is 1. The molecule has 2 aliphatic carbocycles. The standard InChI is InChI=1S/C27H26F3NO3S/c1-15-23(26(33)34-19-5-2-3-6-19)24(16-8-10-18(11-9-16)27(28,29)30)25-20(31-15)13-17(14-21(25)32)22-7-4-12-35-22/h4,7-12,17,19,24,31H,2-3,5-6,13-14H2,1H3. The highest BCUT2D eigenvalue weighted by molar-refractivity contribution is 7.10. The molecule has 1 aliphatic heterocycles. The molecule has 4 nitrogen and oxygen atoms in total. The lowest BCUT2D eigenvalue weighted by molar-refractivity contribution is -0.144. The minimum Gasteiger partial charge on any atom is -0.459 e. The van der Waals surface area contributed by atoms with E-state index in [1.54, 1.807) is 18.3 Å². The zero-order valence-electron chi connectivity index (χ0n) is 19.3. The molecule has 0 amide bonds. The first-order valence-corrected chi connectivity index (χ1v) is 12.8. The average molecular weight is 502 g/mol. The first kappa shape index (κ1) is 23.9. The number of benzene rings is 1. The number of thiophene rings is 1. The van der Waals surface area contributed by atoms with E-state index in [4.69, 9.17) is 4.74 Å². The van der Waals surface area contributed by atoms with E-state index in [-0.39, 0.29) is 17.8 Å². The van der Waals surface area contributed by atoms with Crippen LogP contribution in [0.15, 0.2) is 64.3 Å². The Balaban J connectivity index is 1.55. The van der Waals surface area contributed by atoms with Crippen molar-refractivity contribution in [2.45, 2.75) is 69.6 Å². The second-order valence-electron chi connectivity index (χ2n) is 9.46.